The van der Waals surface area contributed by atoms with Gasteiger partial charge < -0.3 is 19.4 Å². The van der Waals surface area contributed by atoms with Crippen LogP contribution in [-0.2, 0) is 0 Å². The minimum Gasteiger partial charge on any atom is -0.497 e. The quantitative estimate of drug-likeness (QED) is 0.695. The molecule has 0 atom stereocenters. The Morgan fingerprint density at radius 2 is 1.71 bits per heavy atom. The number of benzene rings is 2. The lowest BCUT2D eigenvalue weighted by molar-refractivity contribution is 0.0950. The van der Waals surface area contributed by atoms with Crippen LogP contribution in [0.3, 0.4) is 0 Å². The highest BCUT2D eigenvalue weighted by Gasteiger charge is 2.26. The first-order chi connectivity index (χ1) is 13.6. The third-order valence-electron chi connectivity index (χ3n) is 5.10. The van der Waals surface area contributed by atoms with Crippen molar-refractivity contribution in [3.05, 3.63) is 65.9 Å². The molecule has 1 saturated carbocycles. The molecule has 5 nitrogen and oxygen atoms in total. The average Bonchev–Trinajstić information content (AvgIpc) is 3.47. The summed E-state index contributed by atoms with van der Waals surface area (Å²) in [6, 6.07) is 18.0. The SMILES string of the molecule is COc1ccc(-c2cc(C(=O)NC3CC3)c(C)n2-c2cccc(OC)c2)cc1. The predicted molar refractivity (Wildman–Crippen MR) is 110 cm³/mol. The fourth-order valence-corrected chi connectivity index (χ4v) is 3.38. The topological polar surface area (TPSA) is 52.5 Å². The lowest BCUT2D eigenvalue weighted by Gasteiger charge is -2.14. The maximum atomic E-state index is 12.8. The zero-order chi connectivity index (χ0) is 19.7. The third-order valence-corrected chi connectivity index (χ3v) is 5.10. The Morgan fingerprint density at radius 1 is 1.00 bits per heavy atom. The normalized spacial score (nSPS) is 13.2. The Labute approximate surface area is 164 Å². The summed E-state index contributed by atoms with van der Waals surface area (Å²) in [6.07, 6.45) is 2.12. The van der Waals surface area contributed by atoms with Crippen LogP contribution in [0.2, 0.25) is 0 Å². The smallest absolute Gasteiger partial charge is 0.253 e. The van der Waals surface area contributed by atoms with Crippen molar-refractivity contribution in [1.82, 2.24) is 9.88 Å². The molecular weight excluding hydrogens is 352 g/mol. The number of nitrogens with one attached hydrogen (secondary N) is 1. The summed E-state index contributed by atoms with van der Waals surface area (Å²) in [5.74, 6) is 1.55. The average molecular weight is 376 g/mol. The zero-order valence-electron chi connectivity index (χ0n) is 16.4. The van der Waals surface area contributed by atoms with Gasteiger partial charge >= 0.3 is 0 Å². The number of amides is 1. The Balaban J connectivity index is 1.84. The van der Waals surface area contributed by atoms with E-state index in [1.54, 1.807) is 14.2 Å². The van der Waals surface area contributed by atoms with E-state index in [0.29, 0.717) is 11.6 Å². The summed E-state index contributed by atoms with van der Waals surface area (Å²) >= 11 is 0. The van der Waals surface area contributed by atoms with Crippen LogP contribution in [0.5, 0.6) is 11.5 Å². The molecule has 1 aliphatic rings. The second-order valence-electron chi connectivity index (χ2n) is 7.04. The Kier molecular flexibility index (Phi) is 4.82. The second-order valence-corrected chi connectivity index (χ2v) is 7.04. The van der Waals surface area contributed by atoms with Gasteiger partial charge in [-0.15, -0.1) is 0 Å². The molecule has 0 radical (unpaired) electrons. The van der Waals surface area contributed by atoms with Crippen molar-refractivity contribution in [2.24, 2.45) is 0 Å². The van der Waals surface area contributed by atoms with E-state index >= 15 is 0 Å². The van der Waals surface area contributed by atoms with Gasteiger partial charge in [0.1, 0.15) is 11.5 Å². The van der Waals surface area contributed by atoms with Gasteiger partial charge in [-0.25, -0.2) is 0 Å². The van der Waals surface area contributed by atoms with Crippen LogP contribution in [0, 0.1) is 6.92 Å². The van der Waals surface area contributed by atoms with Crippen molar-refractivity contribution in [3.8, 4) is 28.4 Å². The van der Waals surface area contributed by atoms with Gasteiger partial charge in [0.05, 0.1) is 25.5 Å². The van der Waals surface area contributed by atoms with Crippen LogP contribution in [0.25, 0.3) is 16.9 Å². The van der Waals surface area contributed by atoms with Crippen LogP contribution in [0.1, 0.15) is 28.9 Å². The van der Waals surface area contributed by atoms with Crippen LogP contribution in [-0.4, -0.2) is 30.7 Å². The molecule has 1 N–H and O–H groups in total. The van der Waals surface area contributed by atoms with Crippen molar-refractivity contribution < 1.29 is 14.3 Å². The van der Waals surface area contributed by atoms with Gasteiger partial charge in [-0.3, -0.25) is 4.79 Å². The highest BCUT2D eigenvalue weighted by Crippen LogP contribution is 2.32. The minimum atomic E-state index is -0.0172. The Bertz CT molecular complexity index is 1000. The first kappa shape index (κ1) is 18.2. The predicted octanol–water partition coefficient (Wildman–Crippen LogP) is 4.36. The summed E-state index contributed by atoms with van der Waals surface area (Å²) in [5.41, 5.74) is 4.51. The van der Waals surface area contributed by atoms with Crippen LogP contribution < -0.4 is 14.8 Å². The van der Waals surface area contributed by atoms with Crippen LogP contribution >= 0.6 is 0 Å². The molecule has 0 bridgehead atoms. The van der Waals surface area contributed by atoms with Crippen molar-refractivity contribution in [2.45, 2.75) is 25.8 Å². The number of carbonyl (C=O) groups is 1. The van der Waals surface area contributed by atoms with E-state index in [-0.39, 0.29) is 5.91 Å². The first-order valence-corrected chi connectivity index (χ1v) is 9.42. The molecule has 5 heteroatoms. The monoisotopic (exact) mass is 376 g/mol. The fraction of sp³-hybridized carbons (Fsp3) is 0.261. The molecule has 1 aliphatic carbocycles. The van der Waals surface area contributed by atoms with Crippen molar-refractivity contribution in [1.29, 1.82) is 0 Å². The molecule has 0 spiro atoms. The molecule has 0 aliphatic heterocycles. The van der Waals surface area contributed by atoms with Gasteiger partial charge in [0.2, 0.25) is 0 Å². The maximum absolute atomic E-state index is 12.8. The zero-order valence-corrected chi connectivity index (χ0v) is 16.4. The number of nitrogens with zero attached hydrogens (tertiary/aromatic N) is 1. The van der Waals surface area contributed by atoms with Crippen molar-refractivity contribution in [2.75, 3.05) is 14.2 Å². The molecule has 0 saturated heterocycles. The molecule has 3 aromatic rings. The largest absolute Gasteiger partial charge is 0.497 e. The molecule has 144 valence electrons. The molecule has 4 rings (SSSR count). The van der Waals surface area contributed by atoms with Gasteiger partial charge in [0, 0.05) is 23.5 Å². The van der Waals surface area contributed by atoms with Crippen molar-refractivity contribution >= 4 is 5.91 Å². The summed E-state index contributed by atoms with van der Waals surface area (Å²) in [6.45, 7) is 1.98. The van der Waals surface area contributed by atoms with Gasteiger partial charge in [0.25, 0.3) is 5.91 Å². The minimum absolute atomic E-state index is 0.0172. The number of hydrogen-bond donors (Lipinski definition) is 1. The number of methoxy groups -OCH3 is 2. The van der Waals surface area contributed by atoms with Gasteiger partial charge in [0.15, 0.2) is 0 Å². The van der Waals surface area contributed by atoms with E-state index in [4.69, 9.17) is 9.47 Å². The summed E-state index contributed by atoms with van der Waals surface area (Å²) < 4.78 is 12.8. The molecule has 2 aromatic carbocycles. The molecule has 1 fully saturated rings. The standard InChI is InChI=1S/C23H24N2O3/c1-15-21(23(26)24-17-9-10-17)14-22(16-7-11-19(27-2)12-8-16)25(15)18-5-4-6-20(13-18)28-3/h4-8,11-14,17H,9-10H2,1-3H3,(H,24,26). The molecule has 0 unspecified atom stereocenters. The highest BCUT2D eigenvalue weighted by molar-refractivity contribution is 5.97. The maximum Gasteiger partial charge on any atom is 0.253 e. The van der Waals surface area contributed by atoms with Gasteiger partial charge in [-0.2, -0.15) is 0 Å². The van der Waals surface area contributed by atoms with Crippen molar-refractivity contribution in [3.63, 3.8) is 0 Å². The Hall–Kier alpha value is -3.21. The molecule has 1 aromatic heterocycles. The lowest BCUT2D eigenvalue weighted by Crippen LogP contribution is -2.25. The number of carbonyl (C=O) groups excluding carboxylic acids is 1. The molecule has 1 heterocycles. The van der Waals surface area contributed by atoms with E-state index in [0.717, 1.165) is 47.0 Å². The van der Waals surface area contributed by atoms with E-state index in [1.165, 1.54) is 0 Å². The molecular formula is C23H24N2O3. The summed E-state index contributed by atoms with van der Waals surface area (Å²) in [4.78, 5) is 12.8. The van der Waals surface area contributed by atoms with E-state index in [1.807, 2.05) is 61.5 Å². The van der Waals surface area contributed by atoms with Crippen LogP contribution in [0.4, 0.5) is 0 Å². The van der Waals surface area contributed by atoms with E-state index < -0.39 is 0 Å². The van der Waals surface area contributed by atoms with Gasteiger partial charge in [-0.1, -0.05) is 6.07 Å². The summed E-state index contributed by atoms with van der Waals surface area (Å²) in [5, 5.41) is 3.10. The highest BCUT2D eigenvalue weighted by atomic mass is 16.5. The number of hydrogen-bond acceptors (Lipinski definition) is 3. The van der Waals surface area contributed by atoms with E-state index in [9.17, 15) is 4.79 Å². The van der Waals surface area contributed by atoms with E-state index in [2.05, 4.69) is 9.88 Å². The van der Waals surface area contributed by atoms with Gasteiger partial charge in [-0.05, 0) is 67.8 Å². The fourth-order valence-electron chi connectivity index (χ4n) is 3.38. The second kappa shape index (κ2) is 7.43. The van der Waals surface area contributed by atoms with Crippen LogP contribution in [0.15, 0.2) is 54.6 Å². The number of rotatable bonds is 6. The lowest BCUT2D eigenvalue weighted by atomic mass is 10.1. The summed E-state index contributed by atoms with van der Waals surface area (Å²) in [7, 11) is 3.30. The third kappa shape index (κ3) is 3.48. The molecule has 28 heavy (non-hydrogen) atoms. The number of ether oxygens (including phenoxy) is 2. The first-order valence-electron chi connectivity index (χ1n) is 9.42. The number of aromatic nitrogens is 1. The Morgan fingerprint density at radius 3 is 2.36 bits per heavy atom. The molecule has 1 amide bonds.